The molecule has 0 aromatic rings. The van der Waals surface area contributed by atoms with Crippen molar-refractivity contribution in [3.05, 3.63) is 0 Å². The maximum Gasteiger partial charge on any atom is 0.216 e. The van der Waals surface area contributed by atoms with Gasteiger partial charge in [0, 0.05) is 13.5 Å². The standard InChI is InChI=1S/C24H41NO/c1-17(26)25-16-6-8-19-10-12-21-20-11-9-18-7-4-5-14-23(18,2)22(20)13-15-24(19,21)3/h18-22H,4-16H2,1-3H3,(H,25,26). The number of hydrogen-bond acceptors (Lipinski definition) is 1. The maximum absolute atomic E-state index is 11.1. The molecule has 4 aliphatic carbocycles. The molecule has 0 saturated heterocycles. The molecule has 0 radical (unpaired) electrons. The van der Waals surface area contributed by atoms with E-state index in [0.29, 0.717) is 10.8 Å². The van der Waals surface area contributed by atoms with Crippen molar-refractivity contribution in [3.63, 3.8) is 0 Å². The highest BCUT2D eigenvalue weighted by Crippen LogP contribution is 2.67. The van der Waals surface area contributed by atoms with Crippen LogP contribution in [0.15, 0.2) is 0 Å². The van der Waals surface area contributed by atoms with Crippen LogP contribution in [-0.4, -0.2) is 12.5 Å². The first-order valence-corrected chi connectivity index (χ1v) is 11.7. The minimum Gasteiger partial charge on any atom is -0.356 e. The summed E-state index contributed by atoms with van der Waals surface area (Å²) in [5, 5.41) is 3.00. The molecule has 2 nitrogen and oxygen atoms in total. The summed E-state index contributed by atoms with van der Waals surface area (Å²) in [5.74, 6) is 5.10. The molecule has 4 fully saturated rings. The molecule has 4 rings (SSSR count). The van der Waals surface area contributed by atoms with E-state index in [2.05, 4.69) is 19.2 Å². The number of fused-ring (bicyclic) bond motifs is 5. The van der Waals surface area contributed by atoms with Gasteiger partial charge in [0.1, 0.15) is 0 Å². The molecular formula is C24H41NO. The van der Waals surface area contributed by atoms with Gasteiger partial charge >= 0.3 is 0 Å². The minimum atomic E-state index is 0.124. The Morgan fingerprint density at radius 1 is 0.923 bits per heavy atom. The number of nitrogens with one attached hydrogen (secondary N) is 1. The fourth-order valence-corrected chi connectivity index (χ4v) is 8.49. The molecule has 1 amide bonds. The highest BCUT2D eigenvalue weighted by atomic mass is 16.1. The van der Waals surface area contributed by atoms with Gasteiger partial charge in [-0.3, -0.25) is 4.79 Å². The van der Waals surface area contributed by atoms with E-state index in [9.17, 15) is 4.79 Å². The minimum absolute atomic E-state index is 0.124. The van der Waals surface area contributed by atoms with Crippen molar-refractivity contribution in [2.24, 2.45) is 40.4 Å². The van der Waals surface area contributed by atoms with Crippen LogP contribution in [0.25, 0.3) is 0 Å². The lowest BCUT2D eigenvalue weighted by Crippen LogP contribution is -2.52. The van der Waals surface area contributed by atoms with Crippen LogP contribution in [0.1, 0.15) is 97.8 Å². The number of carbonyl (C=O) groups is 1. The third-order valence-electron chi connectivity index (χ3n) is 9.88. The van der Waals surface area contributed by atoms with Crippen LogP contribution in [-0.2, 0) is 4.79 Å². The van der Waals surface area contributed by atoms with Crippen LogP contribution < -0.4 is 5.32 Å². The molecule has 148 valence electrons. The lowest BCUT2D eigenvalue weighted by Gasteiger charge is -2.60. The van der Waals surface area contributed by atoms with Crippen LogP contribution in [0.5, 0.6) is 0 Å². The van der Waals surface area contributed by atoms with Gasteiger partial charge in [0.05, 0.1) is 0 Å². The summed E-state index contributed by atoms with van der Waals surface area (Å²) in [7, 11) is 0. The molecular weight excluding hydrogens is 318 g/mol. The summed E-state index contributed by atoms with van der Waals surface area (Å²) in [6.45, 7) is 7.85. The van der Waals surface area contributed by atoms with E-state index < -0.39 is 0 Å². The Morgan fingerprint density at radius 2 is 1.73 bits per heavy atom. The third kappa shape index (κ3) is 3.04. The molecule has 26 heavy (non-hydrogen) atoms. The van der Waals surface area contributed by atoms with Crippen LogP contribution in [0.2, 0.25) is 0 Å². The molecule has 4 saturated carbocycles. The van der Waals surface area contributed by atoms with Crippen LogP contribution in [0, 0.1) is 40.4 Å². The molecule has 0 aromatic carbocycles. The largest absolute Gasteiger partial charge is 0.356 e. The van der Waals surface area contributed by atoms with Gasteiger partial charge in [-0.1, -0.05) is 26.7 Å². The van der Waals surface area contributed by atoms with Crippen LogP contribution >= 0.6 is 0 Å². The Kier molecular flexibility index (Phi) is 5.16. The van der Waals surface area contributed by atoms with E-state index in [1.165, 1.54) is 77.0 Å². The summed E-state index contributed by atoms with van der Waals surface area (Å²) in [4.78, 5) is 11.1. The number of rotatable bonds is 4. The Bertz CT molecular complexity index is 530. The second kappa shape index (κ2) is 7.13. The smallest absolute Gasteiger partial charge is 0.216 e. The highest BCUT2D eigenvalue weighted by molar-refractivity contribution is 5.72. The van der Waals surface area contributed by atoms with E-state index in [-0.39, 0.29) is 5.91 Å². The molecule has 0 aromatic heterocycles. The predicted molar refractivity (Wildman–Crippen MR) is 108 cm³/mol. The normalized spacial score (nSPS) is 47.6. The number of amides is 1. The Labute approximate surface area is 161 Å². The zero-order valence-electron chi connectivity index (χ0n) is 17.5. The molecule has 7 unspecified atom stereocenters. The van der Waals surface area contributed by atoms with E-state index in [4.69, 9.17) is 0 Å². The first-order chi connectivity index (χ1) is 12.4. The van der Waals surface area contributed by atoms with Gasteiger partial charge in [-0.15, -0.1) is 0 Å². The van der Waals surface area contributed by atoms with Gasteiger partial charge in [0.15, 0.2) is 0 Å². The predicted octanol–water partition coefficient (Wildman–Crippen LogP) is 5.95. The Balaban J connectivity index is 1.43. The molecule has 0 bridgehead atoms. The maximum atomic E-state index is 11.1. The summed E-state index contributed by atoms with van der Waals surface area (Å²) in [5.41, 5.74) is 1.27. The molecule has 1 N–H and O–H groups in total. The van der Waals surface area contributed by atoms with Gasteiger partial charge in [-0.2, -0.15) is 0 Å². The summed E-state index contributed by atoms with van der Waals surface area (Å²) in [6, 6.07) is 0. The molecule has 2 heteroatoms. The van der Waals surface area contributed by atoms with Gasteiger partial charge < -0.3 is 5.32 Å². The molecule has 0 spiro atoms. The molecule has 0 heterocycles. The summed E-state index contributed by atoms with van der Waals surface area (Å²) >= 11 is 0. The fourth-order valence-electron chi connectivity index (χ4n) is 8.49. The Hall–Kier alpha value is -0.530. The van der Waals surface area contributed by atoms with Crippen molar-refractivity contribution >= 4 is 5.91 Å². The van der Waals surface area contributed by atoms with Crippen LogP contribution in [0.3, 0.4) is 0 Å². The van der Waals surface area contributed by atoms with Crippen molar-refractivity contribution < 1.29 is 4.79 Å². The van der Waals surface area contributed by atoms with Gasteiger partial charge in [-0.25, -0.2) is 0 Å². The molecule has 7 atom stereocenters. The molecule has 0 aliphatic heterocycles. The first-order valence-electron chi connectivity index (χ1n) is 11.7. The van der Waals surface area contributed by atoms with Crippen LogP contribution in [0.4, 0.5) is 0 Å². The van der Waals surface area contributed by atoms with E-state index in [1.54, 1.807) is 6.92 Å². The number of hydrogen-bond donors (Lipinski definition) is 1. The lowest BCUT2D eigenvalue weighted by molar-refractivity contribution is -0.119. The topological polar surface area (TPSA) is 29.1 Å². The van der Waals surface area contributed by atoms with Crippen molar-refractivity contribution in [2.45, 2.75) is 97.8 Å². The number of carbonyl (C=O) groups excluding carboxylic acids is 1. The average molecular weight is 360 g/mol. The van der Waals surface area contributed by atoms with E-state index in [0.717, 1.165) is 36.1 Å². The average Bonchev–Trinajstić information content (AvgIpc) is 2.94. The quantitative estimate of drug-likeness (QED) is 0.617. The second-order valence-electron chi connectivity index (χ2n) is 10.8. The second-order valence-corrected chi connectivity index (χ2v) is 10.8. The van der Waals surface area contributed by atoms with Crippen molar-refractivity contribution in [3.8, 4) is 0 Å². The van der Waals surface area contributed by atoms with Gasteiger partial charge in [0.25, 0.3) is 0 Å². The fraction of sp³-hybridized carbons (Fsp3) is 0.958. The highest BCUT2D eigenvalue weighted by Gasteiger charge is 2.59. The van der Waals surface area contributed by atoms with Crippen molar-refractivity contribution in [2.75, 3.05) is 6.54 Å². The van der Waals surface area contributed by atoms with Crippen molar-refractivity contribution in [1.29, 1.82) is 0 Å². The molecule has 4 aliphatic rings. The lowest BCUT2D eigenvalue weighted by atomic mass is 9.45. The van der Waals surface area contributed by atoms with Gasteiger partial charge in [0.2, 0.25) is 5.91 Å². The summed E-state index contributed by atoms with van der Waals surface area (Å²) < 4.78 is 0. The first kappa shape index (κ1) is 18.8. The SMILES string of the molecule is CC(=O)NCCCC1CCC2C3CCC4CCCCC4(C)C3CCC12C. The van der Waals surface area contributed by atoms with Crippen molar-refractivity contribution in [1.82, 2.24) is 5.32 Å². The zero-order valence-corrected chi connectivity index (χ0v) is 17.5. The monoisotopic (exact) mass is 359 g/mol. The third-order valence-corrected chi connectivity index (χ3v) is 9.88. The van der Waals surface area contributed by atoms with Gasteiger partial charge in [-0.05, 0) is 105 Å². The van der Waals surface area contributed by atoms with E-state index >= 15 is 0 Å². The Morgan fingerprint density at radius 3 is 2.54 bits per heavy atom. The van der Waals surface area contributed by atoms with E-state index in [1.807, 2.05) is 0 Å². The zero-order chi connectivity index (χ0) is 18.4. The summed E-state index contributed by atoms with van der Waals surface area (Å²) in [6.07, 6.45) is 17.5.